The second kappa shape index (κ2) is 7.11. The van der Waals surface area contributed by atoms with Crippen molar-refractivity contribution >= 4 is 33.7 Å². The predicted molar refractivity (Wildman–Crippen MR) is 76.7 cm³/mol. The lowest BCUT2D eigenvalue weighted by atomic mass is 9.92. The van der Waals surface area contributed by atoms with Crippen molar-refractivity contribution in [1.29, 1.82) is 0 Å². The summed E-state index contributed by atoms with van der Waals surface area (Å²) in [4.78, 5) is 15.2. The Morgan fingerprint density at radius 3 is 2.83 bits per heavy atom. The third-order valence-corrected chi connectivity index (χ3v) is 4.27. The minimum absolute atomic E-state index is 0.448. The van der Waals surface area contributed by atoms with Crippen LogP contribution in [0, 0.1) is 0 Å². The molecule has 0 saturated heterocycles. The molecule has 0 saturated carbocycles. The molecule has 100 valence electrons. The van der Waals surface area contributed by atoms with Gasteiger partial charge in [-0.15, -0.1) is 11.8 Å². The van der Waals surface area contributed by atoms with Gasteiger partial charge >= 0.3 is 5.97 Å². The van der Waals surface area contributed by atoms with Gasteiger partial charge in [0.05, 0.1) is 5.03 Å². The highest BCUT2D eigenvalue weighted by molar-refractivity contribution is 9.10. The summed E-state index contributed by atoms with van der Waals surface area (Å²) < 4.78 is 0.949. The summed E-state index contributed by atoms with van der Waals surface area (Å²) in [6.45, 7) is 1.80. The number of carboxylic acids is 1. The van der Waals surface area contributed by atoms with E-state index in [9.17, 15) is 4.79 Å². The van der Waals surface area contributed by atoms with E-state index in [1.165, 1.54) is 0 Å². The van der Waals surface area contributed by atoms with Gasteiger partial charge in [0.25, 0.3) is 0 Å². The molecule has 0 fully saturated rings. The topological polar surface area (TPSA) is 76.2 Å². The van der Waals surface area contributed by atoms with E-state index >= 15 is 0 Å². The van der Waals surface area contributed by atoms with Gasteiger partial charge in [-0.3, -0.25) is 4.79 Å². The molecule has 0 aliphatic rings. The fourth-order valence-corrected chi connectivity index (χ4v) is 2.47. The number of pyridine rings is 1. The van der Waals surface area contributed by atoms with Gasteiger partial charge < -0.3 is 10.8 Å². The Kier molecular flexibility index (Phi) is 6.11. The average molecular weight is 333 g/mol. The third kappa shape index (κ3) is 4.59. The summed E-state index contributed by atoms with van der Waals surface area (Å²) in [6.07, 6.45) is 3.45. The second-order valence-corrected chi connectivity index (χ2v) is 6.11. The maximum absolute atomic E-state index is 11.0. The Bertz CT molecular complexity index is 400. The molecule has 0 spiro atoms. The first-order chi connectivity index (χ1) is 8.48. The number of nitrogens with zero attached hydrogens (tertiary/aromatic N) is 1. The number of carbonyl (C=O) groups is 1. The van der Waals surface area contributed by atoms with Crippen LogP contribution in [0.25, 0.3) is 0 Å². The fraction of sp³-hybridized carbons (Fsp3) is 0.500. The van der Waals surface area contributed by atoms with E-state index in [2.05, 4.69) is 20.9 Å². The van der Waals surface area contributed by atoms with E-state index in [1.54, 1.807) is 24.9 Å². The predicted octanol–water partition coefficient (Wildman–Crippen LogP) is 2.91. The van der Waals surface area contributed by atoms with Crippen LogP contribution < -0.4 is 5.73 Å². The van der Waals surface area contributed by atoms with Crippen LogP contribution in [0.2, 0.25) is 0 Å². The Morgan fingerprint density at radius 2 is 2.33 bits per heavy atom. The van der Waals surface area contributed by atoms with E-state index in [0.717, 1.165) is 21.7 Å². The lowest BCUT2D eigenvalue weighted by Crippen LogP contribution is -2.47. The summed E-state index contributed by atoms with van der Waals surface area (Å²) in [6, 6.07) is 3.87. The zero-order valence-electron chi connectivity index (χ0n) is 10.2. The molecule has 6 heteroatoms. The molecule has 1 unspecified atom stereocenters. The van der Waals surface area contributed by atoms with Crippen LogP contribution in [0.4, 0.5) is 0 Å². The molecule has 18 heavy (non-hydrogen) atoms. The highest BCUT2D eigenvalue weighted by Crippen LogP contribution is 2.21. The summed E-state index contributed by atoms with van der Waals surface area (Å²) in [5.41, 5.74) is 4.72. The first kappa shape index (κ1) is 15.5. The zero-order chi connectivity index (χ0) is 13.6. The highest BCUT2D eigenvalue weighted by Gasteiger charge is 2.30. The molecule has 0 aliphatic carbocycles. The molecule has 1 rings (SSSR count). The van der Waals surface area contributed by atoms with Gasteiger partial charge in [-0.1, -0.05) is 6.92 Å². The van der Waals surface area contributed by atoms with Crippen molar-refractivity contribution in [2.75, 3.05) is 5.75 Å². The minimum atomic E-state index is -1.09. The lowest BCUT2D eigenvalue weighted by Gasteiger charge is -2.22. The van der Waals surface area contributed by atoms with Gasteiger partial charge in [0.15, 0.2) is 0 Å². The number of aliphatic carboxylic acids is 1. The summed E-state index contributed by atoms with van der Waals surface area (Å²) >= 11 is 4.94. The number of carboxylic acid groups (broad SMARTS) is 1. The Labute approximate surface area is 119 Å². The molecular formula is C12H17BrN2O2S. The number of nitrogens with two attached hydrogens (primary N) is 1. The van der Waals surface area contributed by atoms with Crippen LogP contribution in [0.3, 0.4) is 0 Å². The summed E-state index contributed by atoms with van der Waals surface area (Å²) in [5, 5.41) is 9.97. The molecule has 3 N–H and O–H groups in total. The molecule has 0 bridgehead atoms. The van der Waals surface area contributed by atoms with Gasteiger partial charge in [0, 0.05) is 10.7 Å². The normalized spacial score (nSPS) is 14.2. The summed E-state index contributed by atoms with van der Waals surface area (Å²) in [5.74, 6) is -0.0994. The monoisotopic (exact) mass is 332 g/mol. The SMILES string of the molecule is CCC(N)(CCCSc1ccc(Br)cn1)C(=O)O. The smallest absolute Gasteiger partial charge is 0.323 e. The number of thioether (sulfide) groups is 1. The Hall–Kier alpha value is -0.590. The maximum Gasteiger partial charge on any atom is 0.323 e. The van der Waals surface area contributed by atoms with Gasteiger partial charge in [0.1, 0.15) is 5.54 Å². The van der Waals surface area contributed by atoms with Gasteiger partial charge in [-0.2, -0.15) is 0 Å². The van der Waals surface area contributed by atoms with Crippen molar-refractivity contribution in [3.8, 4) is 0 Å². The first-order valence-corrected chi connectivity index (χ1v) is 7.52. The van der Waals surface area contributed by atoms with Gasteiger partial charge in [-0.25, -0.2) is 4.98 Å². The quantitative estimate of drug-likeness (QED) is 0.593. The molecular weight excluding hydrogens is 316 g/mol. The van der Waals surface area contributed by atoms with E-state index in [-0.39, 0.29) is 0 Å². The molecule has 0 aliphatic heterocycles. The van der Waals surface area contributed by atoms with Crippen molar-refractivity contribution in [2.24, 2.45) is 5.73 Å². The average Bonchev–Trinajstić information content (AvgIpc) is 2.36. The zero-order valence-corrected chi connectivity index (χ0v) is 12.6. The molecule has 1 aromatic heterocycles. The number of hydrogen-bond donors (Lipinski definition) is 2. The van der Waals surface area contributed by atoms with Crippen LogP contribution in [0.5, 0.6) is 0 Å². The Morgan fingerprint density at radius 1 is 1.61 bits per heavy atom. The van der Waals surface area contributed by atoms with E-state index in [1.807, 2.05) is 12.1 Å². The van der Waals surface area contributed by atoms with Crippen molar-refractivity contribution in [3.63, 3.8) is 0 Å². The van der Waals surface area contributed by atoms with Crippen LogP contribution >= 0.6 is 27.7 Å². The van der Waals surface area contributed by atoms with Gasteiger partial charge in [0.2, 0.25) is 0 Å². The van der Waals surface area contributed by atoms with Crippen molar-refractivity contribution in [2.45, 2.75) is 36.8 Å². The second-order valence-electron chi connectivity index (χ2n) is 4.08. The third-order valence-electron chi connectivity index (χ3n) is 2.77. The number of halogens is 1. The molecule has 1 aromatic rings. The largest absolute Gasteiger partial charge is 0.480 e. The molecule has 4 nitrogen and oxygen atoms in total. The molecule has 0 radical (unpaired) electrons. The molecule has 0 amide bonds. The number of rotatable bonds is 7. The van der Waals surface area contributed by atoms with Crippen LogP contribution in [0.15, 0.2) is 27.8 Å². The van der Waals surface area contributed by atoms with Crippen molar-refractivity contribution < 1.29 is 9.90 Å². The van der Waals surface area contributed by atoms with Crippen LogP contribution in [-0.4, -0.2) is 27.4 Å². The van der Waals surface area contributed by atoms with E-state index in [4.69, 9.17) is 10.8 Å². The Balaban J connectivity index is 2.34. The molecule has 0 aromatic carbocycles. The van der Waals surface area contributed by atoms with Crippen LogP contribution in [-0.2, 0) is 4.79 Å². The first-order valence-electron chi connectivity index (χ1n) is 5.74. The fourth-order valence-electron chi connectivity index (χ4n) is 1.45. The number of hydrogen-bond acceptors (Lipinski definition) is 4. The lowest BCUT2D eigenvalue weighted by molar-refractivity contribution is -0.143. The summed E-state index contributed by atoms with van der Waals surface area (Å²) in [7, 11) is 0. The maximum atomic E-state index is 11.0. The van der Waals surface area contributed by atoms with E-state index in [0.29, 0.717) is 12.8 Å². The van der Waals surface area contributed by atoms with Gasteiger partial charge in [-0.05, 0) is 53.1 Å². The highest BCUT2D eigenvalue weighted by atomic mass is 79.9. The van der Waals surface area contributed by atoms with Crippen molar-refractivity contribution in [1.82, 2.24) is 4.98 Å². The minimum Gasteiger partial charge on any atom is -0.480 e. The number of aromatic nitrogens is 1. The van der Waals surface area contributed by atoms with Crippen LogP contribution in [0.1, 0.15) is 26.2 Å². The molecule has 1 atom stereocenters. The molecule has 1 heterocycles. The van der Waals surface area contributed by atoms with E-state index < -0.39 is 11.5 Å². The standard InChI is InChI=1S/C12H17BrN2O2S/c1-2-12(14,11(16)17)6-3-7-18-10-5-4-9(13)8-15-10/h4-5,8H,2-3,6-7,14H2,1H3,(H,16,17). The van der Waals surface area contributed by atoms with Crippen molar-refractivity contribution in [3.05, 3.63) is 22.8 Å².